The Hall–Kier alpha value is -3.33. The fraction of sp³-hybridized carbons (Fsp3) is 0.263. The molecule has 0 saturated heterocycles. The third kappa shape index (κ3) is 4.57. The Kier molecular flexibility index (Phi) is 5.88. The van der Waals surface area contributed by atoms with Gasteiger partial charge in [0, 0.05) is 24.5 Å². The Morgan fingerprint density at radius 1 is 1.21 bits per heavy atom. The molecule has 29 heavy (non-hydrogen) atoms. The zero-order valence-corrected chi connectivity index (χ0v) is 17.1. The van der Waals surface area contributed by atoms with E-state index in [0.717, 1.165) is 11.1 Å². The number of hydrogen-bond donors (Lipinski definition) is 1. The zero-order chi connectivity index (χ0) is 21.1. The Balaban J connectivity index is 1.67. The number of esters is 1. The molecule has 0 aliphatic carbocycles. The lowest BCUT2D eigenvalue weighted by molar-refractivity contribution is 0.0594. The van der Waals surface area contributed by atoms with Crippen molar-refractivity contribution in [3.63, 3.8) is 0 Å². The van der Waals surface area contributed by atoms with E-state index >= 15 is 0 Å². The van der Waals surface area contributed by atoms with Crippen LogP contribution in [0.1, 0.15) is 32.1 Å². The minimum Gasteiger partial charge on any atom is -0.471 e. The van der Waals surface area contributed by atoms with Gasteiger partial charge in [-0.3, -0.25) is 9.48 Å². The van der Waals surface area contributed by atoms with Crippen LogP contribution < -0.4 is 10.1 Å². The molecule has 2 aromatic heterocycles. The summed E-state index contributed by atoms with van der Waals surface area (Å²) in [5, 5.41) is 11.5. The number of ether oxygens (including phenoxy) is 2. The zero-order valence-electron chi connectivity index (χ0n) is 16.4. The van der Waals surface area contributed by atoms with Gasteiger partial charge in [0.2, 0.25) is 0 Å². The second-order valence-corrected chi connectivity index (χ2v) is 6.77. The number of carbonyl (C=O) groups excluding carboxylic acids is 2. The Morgan fingerprint density at radius 3 is 2.55 bits per heavy atom. The van der Waals surface area contributed by atoms with Gasteiger partial charge in [-0.1, -0.05) is 11.6 Å². The largest absolute Gasteiger partial charge is 0.471 e. The Morgan fingerprint density at radius 2 is 1.90 bits per heavy atom. The van der Waals surface area contributed by atoms with Gasteiger partial charge < -0.3 is 14.8 Å². The maximum absolute atomic E-state index is 12.5. The number of halogens is 1. The van der Waals surface area contributed by atoms with E-state index in [1.165, 1.54) is 22.7 Å². The van der Waals surface area contributed by atoms with Gasteiger partial charge >= 0.3 is 5.97 Å². The minimum atomic E-state index is -0.645. The van der Waals surface area contributed by atoms with E-state index in [4.69, 9.17) is 16.3 Å². The Labute approximate surface area is 172 Å². The lowest BCUT2D eigenvalue weighted by Gasteiger charge is -2.10. The average molecular weight is 418 g/mol. The topological polar surface area (TPSA) is 100 Å². The number of carbonyl (C=O) groups is 2. The van der Waals surface area contributed by atoms with Crippen molar-refractivity contribution in [3.8, 4) is 5.75 Å². The van der Waals surface area contributed by atoms with Gasteiger partial charge in [0.05, 0.1) is 12.8 Å². The van der Waals surface area contributed by atoms with Crippen LogP contribution in [-0.2, 0) is 18.5 Å². The number of aryl methyl sites for hydroxylation is 3. The fourth-order valence-corrected chi connectivity index (χ4v) is 2.81. The van der Waals surface area contributed by atoms with Gasteiger partial charge in [0.15, 0.2) is 18.1 Å². The molecule has 0 aliphatic heterocycles. The lowest BCUT2D eigenvalue weighted by atomic mass is 10.1. The molecule has 0 radical (unpaired) electrons. The molecular weight excluding hydrogens is 398 g/mol. The van der Waals surface area contributed by atoms with Gasteiger partial charge in [-0.25, -0.2) is 9.48 Å². The first-order valence-corrected chi connectivity index (χ1v) is 9.02. The number of nitrogens with zero attached hydrogens (tertiary/aromatic N) is 4. The van der Waals surface area contributed by atoms with Crippen molar-refractivity contribution < 1.29 is 19.1 Å². The van der Waals surface area contributed by atoms with Crippen LogP contribution in [0.15, 0.2) is 30.6 Å². The number of nitrogens with one attached hydrogen (secondary N) is 1. The first kappa shape index (κ1) is 20.4. The molecule has 0 aliphatic rings. The number of benzene rings is 1. The third-order valence-electron chi connectivity index (χ3n) is 4.10. The minimum absolute atomic E-state index is 0.0135. The van der Waals surface area contributed by atoms with Crippen LogP contribution in [0.3, 0.4) is 0 Å². The maximum atomic E-state index is 12.5. The summed E-state index contributed by atoms with van der Waals surface area (Å²) in [6.07, 6.45) is 3.13. The van der Waals surface area contributed by atoms with E-state index in [1.807, 2.05) is 26.0 Å². The maximum Gasteiger partial charge on any atom is 0.360 e. The summed E-state index contributed by atoms with van der Waals surface area (Å²) in [6, 6.07) is 5.22. The molecule has 0 bridgehead atoms. The van der Waals surface area contributed by atoms with E-state index in [0.29, 0.717) is 10.8 Å². The molecule has 0 fully saturated rings. The highest BCUT2D eigenvalue weighted by molar-refractivity contribution is 6.32. The van der Waals surface area contributed by atoms with Crippen LogP contribution in [0.25, 0.3) is 0 Å². The fourth-order valence-electron chi connectivity index (χ4n) is 2.70. The number of aromatic nitrogens is 4. The van der Waals surface area contributed by atoms with Crippen molar-refractivity contribution in [3.05, 3.63) is 58.1 Å². The van der Waals surface area contributed by atoms with Crippen LogP contribution in [0, 0.1) is 13.8 Å². The normalized spacial score (nSPS) is 10.7. The molecule has 0 unspecified atom stereocenters. The molecular formula is C19H20ClN5O4. The molecule has 0 saturated carbocycles. The quantitative estimate of drug-likeness (QED) is 0.619. The third-order valence-corrected chi connectivity index (χ3v) is 4.70. The van der Waals surface area contributed by atoms with Crippen molar-refractivity contribution in [1.29, 1.82) is 0 Å². The first-order chi connectivity index (χ1) is 13.8. The van der Waals surface area contributed by atoms with Crippen LogP contribution in [0.2, 0.25) is 5.02 Å². The van der Waals surface area contributed by atoms with E-state index in [1.54, 1.807) is 19.3 Å². The number of amides is 1. The molecule has 10 heteroatoms. The van der Waals surface area contributed by atoms with E-state index < -0.39 is 11.9 Å². The summed E-state index contributed by atoms with van der Waals surface area (Å²) >= 11 is 6.16. The number of rotatable bonds is 6. The molecule has 3 rings (SSSR count). The van der Waals surface area contributed by atoms with Gasteiger partial charge in [0.25, 0.3) is 5.91 Å². The molecule has 2 heterocycles. The molecule has 1 N–H and O–H groups in total. The van der Waals surface area contributed by atoms with Crippen LogP contribution in [0.4, 0.5) is 5.69 Å². The first-order valence-electron chi connectivity index (χ1n) is 8.64. The van der Waals surface area contributed by atoms with Gasteiger partial charge in [0.1, 0.15) is 5.75 Å². The molecule has 152 valence electrons. The number of anilines is 1. The number of hydrogen-bond acceptors (Lipinski definition) is 6. The van der Waals surface area contributed by atoms with Gasteiger partial charge in [-0.15, -0.1) is 0 Å². The lowest BCUT2D eigenvalue weighted by Crippen LogP contribution is -2.16. The summed E-state index contributed by atoms with van der Waals surface area (Å²) in [6.45, 7) is 3.92. The molecule has 9 nitrogen and oxygen atoms in total. The van der Waals surface area contributed by atoms with E-state index in [2.05, 4.69) is 20.3 Å². The van der Waals surface area contributed by atoms with Crippen LogP contribution >= 0.6 is 11.6 Å². The average Bonchev–Trinajstić information content (AvgIpc) is 3.30. The molecule has 0 atom stereocenters. The predicted octanol–water partition coefficient (Wildman–Crippen LogP) is 2.96. The highest BCUT2D eigenvalue weighted by Gasteiger charge is 2.20. The predicted molar refractivity (Wildman–Crippen MR) is 106 cm³/mol. The second-order valence-electron chi connectivity index (χ2n) is 6.40. The summed E-state index contributed by atoms with van der Waals surface area (Å²) in [4.78, 5) is 24.2. The summed E-state index contributed by atoms with van der Waals surface area (Å²) in [5.74, 6) is -0.475. The van der Waals surface area contributed by atoms with Crippen molar-refractivity contribution in [2.75, 3.05) is 12.4 Å². The van der Waals surface area contributed by atoms with Crippen molar-refractivity contribution >= 4 is 29.2 Å². The highest BCUT2D eigenvalue weighted by Crippen LogP contribution is 2.26. The standard InChI is InChI=1S/C19H20ClN5O4/c1-11-7-13(8-12(2)16(11)20)29-10-25-6-5-14(22-25)18(26)21-15-9-24(3)23-17(15)19(27)28-4/h5-9H,10H2,1-4H3,(H,21,26). The number of methoxy groups -OCH3 is 1. The van der Waals surface area contributed by atoms with E-state index in [9.17, 15) is 9.59 Å². The smallest absolute Gasteiger partial charge is 0.360 e. The second kappa shape index (κ2) is 8.36. The summed E-state index contributed by atoms with van der Waals surface area (Å²) in [7, 11) is 2.88. The van der Waals surface area contributed by atoms with Crippen LogP contribution in [0.5, 0.6) is 5.75 Å². The van der Waals surface area contributed by atoms with Crippen molar-refractivity contribution in [1.82, 2.24) is 19.6 Å². The molecule has 1 amide bonds. The van der Waals surface area contributed by atoms with Crippen molar-refractivity contribution in [2.24, 2.45) is 7.05 Å². The molecule has 0 spiro atoms. The van der Waals surface area contributed by atoms with E-state index in [-0.39, 0.29) is 23.8 Å². The SMILES string of the molecule is COC(=O)c1nn(C)cc1NC(=O)c1ccn(COc2cc(C)c(Cl)c(C)c2)n1. The van der Waals surface area contributed by atoms with Gasteiger partial charge in [-0.05, 0) is 43.2 Å². The highest BCUT2D eigenvalue weighted by atomic mass is 35.5. The Bertz CT molecular complexity index is 1050. The summed E-state index contributed by atoms with van der Waals surface area (Å²) < 4.78 is 13.3. The van der Waals surface area contributed by atoms with Gasteiger partial charge in [-0.2, -0.15) is 10.2 Å². The van der Waals surface area contributed by atoms with Crippen LogP contribution in [-0.4, -0.2) is 38.5 Å². The molecule has 1 aromatic carbocycles. The van der Waals surface area contributed by atoms with Crippen molar-refractivity contribution in [2.45, 2.75) is 20.6 Å². The molecule has 3 aromatic rings. The monoisotopic (exact) mass is 417 g/mol. The summed E-state index contributed by atoms with van der Waals surface area (Å²) in [5.41, 5.74) is 2.25.